The fourth-order valence-electron chi connectivity index (χ4n) is 3.64. The van der Waals surface area contributed by atoms with E-state index in [2.05, 4.69) is 10.2 Å². The van der Waals surface area contributed by atoms with E-state index in [-0.39, 0.29) is 18.2 Å². The standard InChI is InChI=1S/C29H22ClN3O4S/c30-23-11-12-26(34)22(16-23)17-31-32-29-33(18-25-10-5-13-36-25)28(35)27(38-29)15-21-8-4-9-24(14-21)37-19-20-6-2-1-3-7-20/h1-17,34H,18-19H2/b27-15-,31-17+,32-29-. The highest BCUT2D eigenvalue weighted by Gasteiger charge is 2.34. The van der Waals surface area contributed by atoms with Gasteiger partial charge in [-0.3, -0.25) is 9.69 Å². The predicted octanol–water partition coefficient (Wildman–Crippen LogP) is 6.72. The number of amidine groups is 1. The molecule has 0 saturated carbocycles. The Morgan fingerprint density at radius 2 is 1.89 bits per heavy atom. The number of nitrogens with zero attached hydrogens (tertiary/aromatic N) is 3. The second kappa shape index (κ2) is 11.9. The average molecular weight is 544 g/mol. The summed E-state index contributed by atoms with van der Waals surface area (Å²) in [6.45, 7) is 0.648. The van der Waals surface area contributed by atoms with Crippen LogP contribution < -0.4 is 4.74 Å². The molecule has 1 aliphatic heterocycles. The minimum Gasteiger partial charge on any atom is -0.507 e. The van der Waals surface area contributed by atoms with Crippen LogP contribution in [0.5, 0.6) is 11.5 Å². The van der Waals surface area contributed by atoms with E-state index in [0.717, 1.165) is 11.1 Å². The lowest BCUT2D eigenvalue weighted by Crippen LogP contribution is -2.28. The minimum absolute atomic E-state index is 0.0240. The lowest BCUT2D eigenvalue weighted by atomic mass is 10.2. The van der Waals surface area contributed by atoms with E-state index in [1.54, 1.807) is 36.6 Å². The maximum absolute atomic E-state index is 13.3. The van der Waals surface area contributed by atoms with Crippen LogP contribution in [0.4, 0.5) is 0 Å². The van der Waals surface area contributed by atoms with Gasteiger partial charge in [-0.1, -0.05) is 54.1 Å². The zero-order chi connectivity index (χ0) is 26.3. The number of aromatic hydroxyl groups is 1. The third-order valence-electron chi connectivity index (χ3n) is 5.52. The van der Waals surface area contributed by atoms with Crippen molar-refractivity contribution in [2.24, 2.45) is 10.2 Å². The number of phenolic OH excluding ortho intramolecular Hbond substituents is 1. The monoisotopic (exact) mass is 543 g/mol. The maximum atomic E-state index is 13.3. The van der Waals surface area contributed by atoms with Crippen molar-refractivity contribution in [2.45, 2.75) is 13.2 Å². The molecule has 1 saturated heterocycles. The summed E-state index contributed by atoms with van der Waals surface area (Å²) in [7, 11) is 0. The number of rotatable bonds is 8. The topological polar surface area (TPSA) is 87.6 Å². The number of halogens is 1. The van der Waals surface area contributed by atoms with Gasteiger partial charge in [0.1, 0.15) is 23.9 Å². The zero-order valence-corrected chi connectivity index (χ0v) is 21.6. The van der Waals surface area contributed by atoms with Gasteiger partial charge in [0.15, 0.2) is 5.17 Å². The molecule has 3 aromatic carbocycles. The lowest BCUT2D eigenvalue weighted by molar-refractivity contribution is -0.122. The summed E-state index contributed by atoms with van der Waals surface area (Å²) >= 11 is 7.22. The summed E-state index contributed by atoms with van der Waals surface area (Å²) in [5.74, 6) is 1.11. The predicted molar refractivity (Wildman–Crippen MR) is 150 cm³/mol. The Labute approximate surface area is 228 Å². The van der Waals surface area contributed by atoms with Crippen molar-refractivity contribution in [3.8, 4) is 11.5 Å². The van der Waals surface area contributed by atoms with Crippen molar-refractivity contribution in [1.82, 2.24) is 4.90 Å². The summed E-state index contributed by atoms with van der Waals surface area (Å²) in [4.78, 5) is 15.3. The number of amides is 1. The molecule has 5 rings (SSSR count). The average Bonchev–Trinajstić information content (AvgIpc) is 3.55. The van der Waals surface area contributed by atoms with Gasteiger partial charge in [-0.15, -0.1) is 5.10 Å². The molecule has 9 heteroatoms. The van der Waals surface area contributed by atoms with Crippen LogP contribution >= 0.6 is 23.4 Å². The van der Waals surface area contributed by atoms with Crippen molar-refractivity contribution in [3.63, 3.8) is 0 Å². The summed E-state index contributed by atoms with van der Waals surface area (Å²) < 4.78 is 11.4. The number of carbonyl (C=O) groups excluding carboxylic acids is 1. The van der Waals surface area contributed by atoms with Crippen LogP contribution in [0.1, 0.15) is 22.5 Å². The van der Waals surface area contributed by atoms with Crippen LogP contribution in [0, 0.1) is 0 Å². The van der Waals surface area contributed by atoms with Crippen molar-refractivity contribution in [1.29, 1.82) is 0 Å². The molecule has 38 heavy (non-hydrogen) atoms. The second-order valence-electron chi connectivity index (χ2n) is 8.26. The number of ether oxygens (including phenoxy) is 1. The van der Waals surface area contributed by atoms with E-state index in [1.807, 2.05) is 54.6 Å². The summed E-state index contributed by atoms with van der Waals surface area (Å²) in [6.07, 6.45) is 4.74. The van der Waals surface area contributed by atoms with Gasteiger partial charge in [-0.2, -0.15) is 5.10 Å². The number of thioether (sulfide) groups is 1. The van der Waals surface area contributed by atoms with Crippen molar-refractivity contribution >= 4 is 46.7 Å². The number of carbonyl (C=O) groups is 1. The van der Waals surface area contributed by atoms with Crippen molar-refractivity contribution in [3.05, 3.63) is 124 Å². The Morgan fingerprint density at radius 1 is 1.03 bits per heavy atom. The molecule has 0 unspecified atom stereocenters. The largest absolute Gasteiger partial charge is 0.507 e. The Morgan fingerprint density at radius 3 is 2.71 bits per heavy atom. The number of phenols is 1. The van der Waals surface area contributed by atoms with Crippen LogP contribution in [0.2, 0.25) is 5.02 Å². The highest BCUT2D eigenvalue weighted by atomic mass is 35.5. The molecule has 1 aromatic heterocycles. The van der Waals surface area contributed by atoms with Crippen LogP contribution in [-0.2, 0) is 17.9 Å². The summed E-state index contributed by atoms with van der Waals surface area (Å²) in [6, 6.07) is 25.6. The van der Waals surface area contributed by atoms with Gasteiger partial charge in [0.05, 0.1) is 23.9 Å². The second-order valence-corrected chi connectivity index (χ2v) is 9.70. The number of hydrogen-bond donors (Lipinski definition) is 1. The molecule has 0 radical (unpaired) electrons. The van der Waals surface area contributed by atoms with E-state index < -0.39 is 0 Å². The molecule has 0 aliphatic carbocycles. The Kier molecular flexibility index (Phi) is 7.92. The van der Waals surface area contributed by atoms with E-state index in [9.17, 15) is 9.90 Å². The van der Waals surface area contributed by atoms with E-state index >= 15 is 0 Å². The van der Waals surface area contributed by atoms with Gasteiger partial charge < -0.3 is 14.3 Å². The van der Waals surface area contributed by atoms with Crippen molar-refractivity contribution in [2.75, 3.05) is 0 Å². The first-order chi connectivity index (χ1) is 18.5. The third-order valence-corrected chi connectivity index (χ3v) is 6.75. The Balaban J connectivity index is 1.37. The van der Waals surface area contributed by atoms with Gasteiger partial charge in [0, 0.05) is 10.6 Å². The quantitative estimate of drug-likeness (QED) is 0.151. The molecule has 1 N–H and O–H groups in total. The molecule has 1 fully saturated rings. The van der Waals surface area contributed by atoms with E-state index in [0.29, 0.717) is 38.8 Å². The van der Waals surface area contributed by atoms with Gasteiger partial charge in [-0.25, -0.2) is 0 Å². The molecule has 1 aliphatic rings. The van der Waals surface area contributed by atoms with E-state index in [4.69, 9.17) is 20.8 Å². The molecule has 0 atom stereocenters. The van der Waals surface area contributed by atoms with Gasteiger partial charge in [-0.05, 0) is 71.4 Å². The first kappa shape index (κ1) is 25.4. The number of hydrogen-bond acceptors (Lipinski definition) is 7. The molecule has 4 aromatic rings. The molecule has 0 spiro atoms. The maximum Gasteiger partial charge on any atom is 0.267 e. The van der Waals surface area contributed by atoms with Crippen LogP contribution in [0.3, 0.4) is 0 Å². The Hall–Kier alpha value is -4.27. The third kappa shape index (κ3) is 6.34. The van der Waals surface area contributed by atoms with Gasteiger partial charge >= 0.3 is 0 Å². The SMILES string of the molecule is O=C1/C(=C/c2cccc(OCc3ccccc3)c2)S/C(=N\N=C\c2cc(Cl)ccc2O)N1Cc1ccco1. The fourth-order valence-corrected chi connectivity index (χ4v) is 4.75. The van der Waals surface area contributed by atoms with E-state index in [1.165, 1.54) is 28.9 Å². The van der Waals surface area contributed by atoms with Gasteiger partial charge in [0.2, 0.25) is 0 Å². The summed E-state index contributed by atoms with van der Waals surface area (Å²) in [5, 5.41) is 19.2. The molecule has 2 heterocycles. The molecule has 1 amide bonds. The smallest absolute Gasteiger partial charge is 0.267 e. The van der Waals surface area contributed by atoms with Crippen LogP contribution in [-0.4, -0.2) is 27.3 Å². The van der Waals surface area contributed by atoms with Crippen molar-refractivity contribution < 1.29 is 19.1 Å². The Bertz CT molecular complexity index is 1520. The highest BCUT2D eigenvalue weighted by Crippen LogP contribution is 2.34. The zero-order valence-electron chi connectivity index (χ0n) is 20.0. The first-order valence-electron chi connectivity index (χ1n) is 11.7. The lowest BCUT2D eigenvalue weighted by Gasteiger charge is -2.12. The molecular weight excluding hydrogens is 522 g/mol. The normalized spacial score (nSPS) is 15.7. The minimum atomic E-state index is -0.221. The molecular formula is C29H22ClN3O4S. The van der Waals surface area contributed by atoms with Gasteiger partial charge in [0.25, 0.3) is 5.91 Å². The summed E-state index contributed by atoms with van der Waals surface area (Å²) in [5.41, 5.74) is 2.30. The van der Waals surface area contributed by atoms with Crippen LogP contribution in [0.25, 0.3) is 6.08 Å². The first-order valence-corrected chi connectivity index (χ1v) is 12.8. The molecule has 7 nitrogen and oxygen atoms in total. The number of furan rings is 1. The fraction of sp³-hybridized carbons (Fsp3) is 0.0690. The molecule has 190 valence electrons. The molecule has 0 bridgehead atoms. The van der Waals surface area contributed by atoms with Crippen LogP contribution in [0.15, 0.2) is 111 Å². The number of benzene rings is 3. The highest BCUT2D eigenvalue weighted by molar-refractivity contribution is 8.18.